The maximum Gasteiger partial charge on any atom is 0.236 e. The molecule has 1 amide bonds. The molecule has 0 aliphatic heterocycles. The summed E-state index contributed by atoms with van der Waals surface area (Å²) < 4.78 is 1.10. The molecule has 4 heteroatoms. The average Bonchev–Trinajstić information content (AvgIpc) is 3.14. The Labute approximate surface area is 134 Å². The van der Waals surface area contributed by atoms with Gasteiger partial charge < -0.3 is 5.32 Å². The average molecular weight is 312 g/mol. The summed E-state index contributed by atoms with van der Waals surface area (Å²) >= 11 is 1.54. The zero-order valence-corrected chi connectivity index (χ0v) is 13.8. The largest absolute Gasteiger partial charge is 0.301 e. The van der Waals surface area contributed by atoms with Crippen molar-refractivity contribution in [3.63, 3.8) is 0 Å². The maximum absolute atomic E-state index is 13.0. The maximum atomic E-state index is 13.0. The summed E-state index contributed by atoms with van der Waals surface area (Å²) in [6.45, 7) is 8.75. The molecule has 2 aliphatic carbocycles. The molecule has 0 spiro atoms. The van der Waals surface area contributed by atoms with Crippen molar-refractivity contribution in [3.05, 3.63) is 36.4 Å². The summed E-state index contributed by atoms with van der Waals surface area (Å²) in [5.74, 6) is 0.672. The Morgan fingerprint density at radius 3 is 2.86 bits per heavy atom. The van der Waals surface area contributed by atoms with Crippen LogP contribution < -0.4 is 5.32 Å². The van der Waals surface area contributed by atoms with Crippen LogP contribution in [0.1, 0.15) is 33.1 Å². The van der Waals surface area contributed by atoms with Gasteiger partial charge in [0.05, 0.1) is 15.6 Å². The van der Waals surface area contributed by atoms with Gasteiger partial charge in [-0.3, -0.25) is 4.79 Å². The van der Waals surface area contributed by atoms with Crippen LogP contribution in [-0.2, 0) is 4.79 Å². The molecule has 2 bridgehead atoms. The first-order chi connectivity index (χ1) is 10.4. The molecule has 1 aromatic carbocycles. The third-order valence-corrected chi connectivity index (χ3v) is 6.79. The molecule has 2 saturated carbocycles. The molecule has 2 aromatic rings. The third kappa shape index (κ3) is 1.73. The highest BCUT2D eigenvalue weighted by Gasteiger charge is 2.60. The number of thiazole rings is 1. The van der Waals surface area contributed by atoms with E-state index in [1.54, 1.807) is 0 Å². The zero-order chi connectivity index (χ0) is 15.5. The van der Waals surface area contributed by atoms with Crippen LogP contribution in [0.4, 0.5) is 5.13 Å². The Bertz CT molecular complexity index is 758. The molecule has 1 N–H and O–H groups in total. The predicted octanol–water partition coefficient (Wildman–Crippen LogP) is 4.62. The van der Waals surface area contributed by atoms with Crippen LogP contribution in [0.15, 0.2) is 36.4 Å². The lowest BCUT2D eigenvalue weighted by Gasteiger charge is -2.36. The number of carbonyl (C=O) groups excluding carboxylic acids is 1. The number of benzene rings is 1. The summed E-state index contributed by atoms with van der Waals surface area (Å²) in [6.07, 6.45) is 2.99. The number of hydrogen-bond acceptors (Lipinski definition) is 3. The number of nitrogens with zero attached hydrogens (tertiary/aromatic N) is 1. The van der Waals surface area contributed by atoms with Gasteiger partial charge in [0.25, 0.3) is 0 Å². The quantitative estimate of drug-likeness (QED) is 0.822. The van der Waals surface area contributed by atoms with E-state index in [-0.39, 0.29) is 16.7 Å². The van der Waals surface area contributed by atoms with Crippen LogP contribution in [0, 0.1) is 16.7 Å². The molecule has 0 saturated heterocycles. The van der Waals surface area contributed by atoms with Crippen molar-refractivity contribution in [2.75, 3.05) is 5.32 Å². The molecule has 3 nitrogen and oxygen atoms in total. The van der Waals surface area contributed by atoms with Gasteiger partial charge in [0, 0.05) is 0 Å². The van der Waals surface area contributed by atoms with E-state index in [4.69, 9.17) is 0 Å². The van der Waals surface area contributed by atoms with Gasteiger partial charge in [-0.25, -0.2) is 4.98 Å². The normalized spacial score (nSPS) is 29.2. The monoisotopic (exact) mass is 312 g/mol. The van der Waals surface area contributed by atoms with Crippen LogP contribution in [0.5, 0.6) is 0 Å². The number of fused-ring (bicyclic) bond motifs is 3. The third-order valence-electron chi connectivity index (χ3n) is 5.84. The molecule has 2 atom stereocenters. The van der Waals surface area contributed by atoms with Crippen molar-refractivity contribution in [2.24, 2.45) is 16.7 Å². The molecule has 2 aliphatic rings. The minimum absolute atomic E-state index is 0.0726. The topological polar surface area (TPSA) is 42.0 Å². The fraction of sp³-hybridized carbons (Fsp3) is 0.444. The lowest BCUT2D eigenvalue weighted by Crippen LogP contribution is -2.37. The van der Waals surface area contributed by atoms with Crippen LogP contribution in [0.3, 0.4) is 0 Å². The highest BCUT2D eigenvalue weighted by molar-refractivity contribution is 7.22. The number of anilines is 1. The van der Waals surface area contributed by atoms with Crippen LogP contribution in [0.25, 0.3) is 10.2 Å². The van der Waals surface area contributed by atoms with Crippen LogP contribution in [-0.4, -0.2) is 10.9 Å². The molecule has 2 fully saturated rings. The number of carbonyl (C=O) groups is 1. The molecule has 114 valence electrons. The molecule has 1 aromatic heterocycles. The summed E-state index contributed by atoms with van der Waals surface area (Å²) in [5.41, 5.74) is 1.74. The number of para-hydroxylation sites is 1. The van der Waals surface area contributed by atoms with Crippen molar-refractivity contribution in [2.45, 2.75) is 33.1 Å². The van der Waals surface area contributed by atoms with Gasteiger partial charge >= 0.3 is 0 Å². The second-order valence-electron chi connectivity index (χ2n) is 7.16. The van der Waals surface area contributed by atoms with Crippen molar-refractivity contribution < 1.29 is 4.79 Å². The first kappa shape index (κ1) is 13.9. The molecule has 0 radical (unpaired) electrons. The predicted molar refractivity (Wildman–Crippen MR) is 90.9 cm³/mol. The molecule has 4 rings (SSSR count). The van der Waals surface area contributed by atoms with Gasteiger partial charge in [-0.15, -0.1) is 0 Å². The number of rotatable bonds is 2. The second kappa shape index (κ2) is 4.42. The molecule has 22 heavy (non-hydrogen) atoms. The van der Waals surface area contributed by atoms with Crippen molar-refractivity contribution in [1.29, 1.82) is 0 Å². The van der Waals surface area contributed by atoms with E-state index < -0.39 is 0 Å². The van der Waals surface area contributed by atoms with Gasteiger partial charge in [0.2, 0.25) is 5.91 Å². The Kier molecular flexibility index (Phi) is 2.80. The smallest absolute Gasteiger partial charge is 0.236 e. The lowest BCUT2D eigenvalue weighted by atomic mass is 9.68. The zero-order valence-electron chi connectivity index (χ0n) is 13.0. The van der Waals surface area contributed by atoms with Gasteiger partial charge in [0.15, 0.2) is 5.13 Å². The van der Waals surface area contributed by atoms with Gasteiger partial charge in [0.1, 0.15) is 0 Å². The Balaban J connectivity index is 1.64. The van der Waals surface area contributed by atoms with E-state index in [0.717, 1.165) is 35.1 Å². The van der Waals surface area contributed by atoms with E-state index in [1.807, 2.05) is 24.3 Å². The van der Waals surface area contributed by atoms with Crippen LogP contribution >= 0.6 is 11.3 Å². The minimum Gasteiger partial charge on any atom is -0.301 e. The van der Waals surface area contributed by atoms with Crippen molar-refractivity contribution >= 4 is 32.6 Å². The van der Waals surface area contributed by atoms with Crippen LogP contribution in [0.2, 0.25) is 0 Å². The number of hydrogen-bond donors (Lipinski definition) is 1. The summed E-state index contributed by atoms with van der Waals surface area (Å²) in [6, 6.07) is 7.97. The number of aromatic nitrogens is 1. The van der Waals surface area contributed by atoms with Gasteiger partial charge in [-0.05, 0) is 42.7 Å². The van der Waals surface area contributed by atoms with Crippen molar-refractivity contribution in [3.8, 4) is 0 Å². The fourth-order valence-electron chi connectivity index (χ4n) is 4.28. The highest BCUT2D eigenvalue weighted by atomic mass is 32.1. The number of nitrogens with one attached hydrogen (secondary N) is 1. The summed E-state index contributed by atoms with van der Waals surface area (Å²) in [4.78, 5) is 17.5. The molecule has 0 unspecified atom stereocenters. The molecule has 1 heterocycles. The van der Waals surface area contributed by atoms with E-state index in [2.05, 4.69) is 30.7 Å². The summed E-state index contributed by atoms with van der Waals surface area (Å²) in [5, 5.41) is 3.76. The SMILES string of the molecule is C=C1C(C)(C)[C@H]2CC[C@@]1(C(=O)Nc1nc3ccccc3s1)C2. The van der Waals surface area contributed by atoms with E-state index in [0.29, 0.717) is 11.0 Å². The molecular formula is C18H20N2OS. The van der Waals surface area contributed by atoms with E-state index >= 15 is 0 Å². The Morgan fingerprint density at radius 2 is 2.18 bits per heavy atom. The first-order valence-electron chi connectivity index (χ1n) is 7.80. The van der Waals surface area contributed by atoms with Gasteiger partial charge in [-0.1, -0.05) is 49.5 Å². The Hall–Kier alpha value is -1.68. The number of amides is 1. The van der Waals surface area contributed by atoms with E-state index in [9.17, 15) is 4.79 Å². The first-order valence-corrected chi connectivity index (χ1v) is 8.62. The highest BCUT2D eigenvalue weighted by Crippen LogP contribution is 2.65. The fourth-order valence-corrected chi connectivity index (χ4v) is 5.15. The second-order valence-corrected chi connectivity index (χ2v) is 8.19. The standard InChI is InChI=1S/C18H20N2OS/c1-11-17(2,3)12-8-9-18(11,10-12)15(21)20-16-19-13-6-4-5-7-14(13)22-16/h4-7,12H,1,8-10H2,2-3H3,(H,19,20,21)/t12-,18+/m0/s1. The lowest BCUT2D eigenvalue weighted by molar-refractivity contribution is -0.123. The Morgan fingerprint density at radius 1 is 1.41 bits per heavy atom. The van der Waals surface area contributed by atoms with E-state index in [1.165, 1.54) is 11.3 Å². The minimum atomic E-state index is -0.383. The van der Waals surface area contributed by atoms with Gasteiger partial charge in [-0.2, -0.15) is 0 Å². The summed E-state index contributed by atoms with van der Waals surface area (Å²) in [7, 11) is 0. The van der Waals surface area contributed by atoms with Crippen molar-refractivity contribution in [1.82, 2.24) is 4.98 Å². The molecular weight excluding hydrogens is 292 g/mol.